The Morgan fingerprint density at radius 3 is 2.90 bits per heavy atom. The molecule has 1 aliphatic rings. The first kappa shape index (κ1) is 13.5. The predicted octanol–water partition coefficient (Wildman–Crippen LogP) is 3.14. The zero-order valence-electron chi connectivity index (χ0n) is 11.0. The fraction of sp³-hybridized carbons (Fsp3) is 0.250. The number of hydrogen-bond donors (Lipinski definition) is 0. The highest BCUT2D eigenvalue weighted by Crippen LogP contribution is 2.30. The van der Waals surface area contributed by atoms with Crippen molar-refractivity contribution < 1.29 is 4.79 Å². The van der Waals surface area contributed by atoms with Gasteiger partial charge in [-0.25, -0.2) is 0 Å². The highest BCUT2D eigenvalue weighted by molar-refractivity contribution is 9.10. The van der Waals surface area contributed by atoms with Gasteiger partial charge in [0.25, 0.3) is 0 Å². The van der Waals surface area contributed by atoms with E-state index in [0.29, 0.717) is 0 Å². The van der Waals surface area contributed by atoms with Crippen LogP contribution in [0.15, 0.2) is 47.1 Å². The fourth-order valence-corrected chi connectivity index (χ4v) is 3.04. The van der Waals surface area contributed by atoms with E-state index in [-0.39, 0.29) is 6.04 Å². The number of nitrogens with zero attached hydrogens (tertiary/aromatic N) is 2. The summed E-state index contributed by atoms with van der Waals surface area (Å²) in [6.45, 7) is 1.65. The van der Waals surface area contributed by atoms with Gasteiger partial charge in [-0.1, -0.05) is 30.3 Å². The zero-order chi connectivity index (χ0) is 13.9. The van der Waals surface area contributed by atoms with Gasteiger partial charge in [0.1, 0.15) is 6.29 Å². The van der Waals surface area contributed by atoms with E-state index in [4.69, 9.17) is 0 Å². The third kappa shape index (κ3) is 2.67. The van der Waals surface area contributed by atoms with Gasteiger partial charge >= 0.3 is 0 Å². The summed E-state index contributed by atoms with van der Waals surface area (Å²) in [7, 11) is 0. The molecule has 0 fully saturated rings. The van der Waals surface area contributed by atoms with Crippen LogP contribution < -0.4 is 0 Å². The number of carbonyl (C=O) groups excluding carboxylic acids is 1. The Morgan fingerprint density at radius 2 is 2.15 bits per heavy atom. The Hall–Kier alpha value is -1.52. The van der Waals surface area contributed by atoms with Crippen molar-refractivity contribution in [3.05, 3.63) is 63.9 Å². The maximum atomic E-state index is 11.5. The lowest BCUT2D eigenvalue weighted by molar-refractivity contribution is -0.113. The summed E-state index contributed by atoms with van der Waals surface area (Å²) in [5.74, 6) is 0. The minimum atomic E-state index is -0.205. The summed E-state index contributed by atoms with van der Waals surface area (Å²) >= 11 is 3.44. The van der Waals surface area contributed by atoms with Crippen LogP contribution in [0.1, 0.15) is 22.9 Å². The average molecular weight is 331 g/mol. The smallest absolute Gasteiger partial charge is 0.141 e. The van der Waals surface area contributed by atoms with Crippen molar-refractivity contribution in [3.8, 4) is 0 Å². The van der Waals surface area contributed by atoms with Crippen LogP contribution in [0.2, 0.25) is 0 Å². The second-order valence-corrected chi connectivity index (χ2v) is 5.89. The largest absolute Gasteiger partial charge is 0.301 e. The molecule has 0 amide bonds. The minimum Gasteiger partial charge on any atom is -0.301 e. The van der Waals surface area contributed by atoms with Crippen LogP contribution in [-0.2, 0) is 17.8 Å². The van der Waals surface area contributed by atoms with Gasteiger partial charge in [0, 0.05) is 35.9 Å². The van der Waals surface area contributed by atoms with Crippen molar-refractivity contribution in [3.63, 3.8) is 0 Å². The predicted molar refractivity (Wildman–Crippen MR) is 81.3 cm³/mol. The molecule has 3 nitrogen and oxygen atoms in total. The molecule has 0 bridgehead atoms. The molecule has 2 aromatic rings. The van der Waals surface area contributed by atoms with E-state index < -0.39 is 0 Å². The first-order valence-corrected chi connectivity index (χ1v) is 7.45. The molecule has 0 N–H and O–H groups in total. The Kier molecular flexibility index (Phi) is 3.94. The summed E-state index contributed by atoms with van der Waals surface area (Å²) in [5, 5.41) is 0. The molecule has 4 heteroatoms. The Labute approximate surface area is 126 Å². The first-order valence-electron chi connectivity index (χ1n) is 6.65. The number of pyridine rings is 1. The quantitative estimate of drug-likeness (QED) is 0.810. The summed E-state index contributed by atoms with van der Waals surface area (Å²) in [6.07, 6.45) is 3.71. The average Bonchev–Trinajstić information content (AvgIpc) is 2.48. The van der Waals surface area contributed by atoms with Gasteiger partial charge in [-0.3, -0.25) is 9.88 Å². The lowest BCUT2D eigenvalue weighted by Gasteiger charge is -2.33. The summed E-state index contributed by atoms with van der Waals surface area (Å²) in [5.41, 5.74) is 3.29. The number of aromatic nitrogens is 1. The summed E-state index contributed by atoms with van der Waals surface area (Å²) in [4.78, 5) is 18.2. The molecule has 1 aliphatic heterocycles. The number of fused-ring (bicyclic) bond motifs is 1. The number of halogens is 1. The van der Waals surface area contributed by atoms with E-state index >= 15 is 0 Å². The molecule has 0 spiro atoms. The van der Waals surface area contributed by atoms with E-state index in [2.05, 4.69) is 37.9 Å². The van der Waals surface area contributed by atoms with Gasteiger partial charge < -0.3 is 4.79 Å². The molecule has 1 aromatic carbocycles. The van der Waals surface area contributed by atoms with Crippen molar-refractivity contribution in [2.45, 2.75) is 19.0 Å². The lowest BCUT2D eigenvalue weighted by atomic mass is 9.97. The van der Waals surface area contributed by atoms with Gasteiger partial charge in [-0.05, 0) is 33.1 Å². The van der Waals surface area contributed by atoms with Gasteiger partial charge in [-0.2, -0.15) is 0 Å². The van der Waals surface area contributed by atoms with Crippen LogP contribution in [-0.4, -0.2) is 22.7 Å². The Bertz CT molecular complexity index is 615. The highest BCUT2D eigenvalue weighted by atomic mass is 79.9. The molecule has 0 saturated carbocycles. The van der Waals surface area contributed by atoms with Crippen LogP contribution in [0.25, 0.3) is 0 Å². The molecular formula is C16H15BrN2O. The first-order chi connectivity index (χ1) is 9.78. The second kappa shape index (κ2) is 5.85. The third-order valence-electron chi connectivity index (χ3n) is 3.68. The van der Waals surface area contributed by atoms with Crippen molar-refractivity contribution in [1.82, 2.24) is 9.88 Å². The van der Waals surface area contributed by atoms with Crippen LogP contribution in [0.3, 0.4) is 0 Å². The number of rotatable bonds is 3. The lowest BCUT2D eigenvalue weighted by Crippen LogP contribution is -2.36. The summed E-state index contributed by atoms with van der Waals surface area (Å²) < 4.78 is 0.921. The SMILES string of the molecule is O=CC1c2cc(Br)cnc2CCN1Cc1ccccc1. The van der Waals surface area contributed by atoms with Gasteiger partial charge in [0.05, 0.1) is 6.04 Å². The summed E-state index contributed by atoms with van der Waals surface area (Å²) in [6, 6.07) is 12.1. The Morgan fingerprint density at radius 1 is 1.35 bits per heavy atom. The normalized spacial score (nSPS) is 18.6. The molecule has 0 aliphatic carbocycles. The van der Waals surface area contributed by atoms with Crippen LogP contribution >= 0.6 is 15.9 Å². The molecule has 1 aromatic heterocycles. The van der Waals surface area contributed by atoms with Crippen LogP contribution in [0.5, 0.6) is 0 Å². The van der Waals surface area contributed by atoms with E-state index in [0.717, 1.165) is 41.5 Å². The molecule has 2 heterocycles. The fourth-order valence-electron chi connectivity index (χ4n) is 2.69. The van der Waals surface area contributed by atoms with Crippen molar-refractivity contribution in [2.24, 2.45) is 0 Å². The second-order valence-electron chi connectivity index (χ2n) is 4.98. The number of hydrogen-bond acceptors (Lipinski definition) is 3. The molecule has 20 heavy (non-hydrogen) atoms. The van der Waals surface area contributed by atoms with Gasteiger partial charge in [-0.15, -0.1) is 0 Å². The monoisotopic (exact) mass is 330 g/mol. The minimum absolute atomic E-state index is 0.205. The standard InChI is InChI=1S/C16H15BrN2O/c17-13-8-14-15(18-9-13)6-7-19(16(14)11-20)10-12-4-2-1-3-5-12/h1-5,8-9,11,16H,6-7,10H2. The molecular weight excluding hydrogens is 316 g/mol. The molecule has 102 valence electrons. The molecule has 0 radical (unpaired) electrons. The topological polar surface area (TPSA) is 33.2 Å². The number of aldehydes is 1. The van der Waals surface area contributed by atoms with Crippen molar-refractivity contribution >= 4 is 22.2 Å². The van der Waals surface area contributed by atoms with Crippen molar-refractivity contribution in [1.29, 1.82) is 0 Å². The van der Waals surface area contributed by atoms with Crippen LogP contribution in [0, 0.1) is 0 Å². The zero-order valence-corrected chi connectivity index (χ0v) is 12.6. The molecule has 3 rings (SSSR count). The molecule has 1 unspecified atom stereocenters. The van der Waals surface area contributed by atoms with Crippen LogP contribution in [0.4, 0.5) is 0 Å². The maximum absolute atomic E-state index is 11.5. The third-order valence-corrected chi connectivity index (χ3v) is 4.11. The van der Waals surface area contributed by atoms with Gasteiger partial charge in [0.15, 0.2) is 0 Å². The van der Waals surface area contributed by atoms with E-state index in [1.807, 2.05) is 24.3 Å². The van der Waals surface area contributed by atoms with E-state index in [1.54, 1.807) is 6.20 Å². The molecule has 0 saturated heterocycles. The molecule has 1 atom stereocenters. The van der Waals surface area contributed by atoms with E-state index in [9.17, 15) is 4.79 Å². The van der Waals surface area contributed by atoms with E-state index in [1.165, 1.54) is 5.56 Å². The van der Waals surface area contributed by atoms with Crippen molar-refractivity contribution in [2.75, 3.05) is 6.54 Å². The number of benzene rings is 1. The van der Waals surface area contributed by atoms with Gasteiger partial charge in [0.2, 0.25) is 0 Å². The highest BCUT2D eigenvalue weighted by Gasteiger charge is 2.27. The Balaban J connectivity index is 1.89. The number of carbonyl (C=O) groups is 1. The maximum Gasteiger partial charge on any atom is 0.141 e.